The number of hydrogen-bond acceptors (Lipinski definition) is 4. The summed E-state index contributed by atoms with van der Waals surface area (Å²) in [7, 11) is 0. The van der Waals surface area contributed by atoms with Gasteiger partial charge in [0.25, 0.3) is 0 Å². The van der Waals surface area contributed by atoms with Crippen molar-refractivity contribution in [2.24, 2.45) is 0 Å². The van der Waals surface area contributed by atoms with Crippen LogP contribution in [-0.4, -0.2) is 29.2 Å². The van der Waals surface area contributed by atoms with Crippen LogP contribution >= 0.6 is 0 Å². The lowest BCUT2D eigenvalue weighted by molar-refractivity contribution is 0.166. The molecule has 1 atom stereocenters. The van der Waals surface area contributed by atoms with Gasteiger partial charge in [0.2, 0.25) is 0 Å². The Labute approximate surface area is 122 Å². The summed E-state index contributed by atoms with van der Waals surface area (Å²) in [6.45, 7) is 8.43. The summed E-state index contributed by atoms with van der Waals surface area (Å²) in [6, 6.07) is 2.82. The smallest absolute Gasteiger partial charge is 0.151 e. The fourth-order valence-electron chi connectivity index (χ4n) is 3.01. The number of nitrogens with one attached hydrogen (secondary N) is 1. The Bertz CT molecular complexity index is 378. The second-order valence-electron chi connectivity index (χ2n) is 5.84. The van der Waals surface area contributed by atoms with Gasteiger partial charge in [0, 0.05) is 18.7 Å². The SMILES string of the molecule is CCCNCc1cc(CN2CCCCCC2CC)on1. The molecule has 1 aromatic heterocycles. The van der Waals surface area contributed by atoms with Gasteiger partial charge in [-0.05, 0) is 38.8 Å². The van der Waals surface area contributed by atoms with Crippen molar-refractivity contribution in [1.29, 1.82) is 0 Å². The van der Waals surface area contributed by atoms with E-state index in [0.717, 1.165) is 37.5 Å². The first-order chi connectivity index (χ1) is 9.83. The third kappa shape index (κ3) is 4.60. The summed E-state index contributed by atoms with van der Waals surface area (Å²) in [5.74, 6) is 1.01. The van der Waals surface area contributed by atoms with Crippen molar-refractivity contribution < 1.29 is 4.52 Å². The van der Waals surface area contributed by atoms with Crippen molar-refractivity contribution >= 4 is 0 Å². The highest BCUT2D eigenvalue weighted by molar-refractivity contribution is 5.05. The Morgan fingerprint density at radius 2 is 2.25 bits per heavy atom. The number of aromatic nitrogens is 1. The van der Waals surface area contributed by atoms with E-state index in [2.05, 4.69) is 35.3 Å². The van der Waals surface area contributed by atoms with Gasteiger partial charge in [-0.15, -0.1) is 0 Å². The van der Waals surface area contributed by atoms with E-state index in [-0.39, 0.29) is 0 Å². The molecule has 0 aliphatic carbocycles. The molecular formula is C16H29N3O. The normalized spacial score (nSPS) is 21.0. The Hall–Kier alpha value is -0.870. The van der Waals surface area contributed by atoms with E-state index in [1.807, 2.05) is 0 Å². The van der Waals surface area contributed by atoms with Crippen LogP contribution in [0, 0.1) is 0 Å². The average molecular weight is 279 g/mol. The van der Waals surface area contributed by atoms with Gasteiger partial charge >= 0.3 is 0 Å². The van der Waals surface area contributed by atoms with Crippen molar-refractivity contribution in [3.05, 3.63) is 17.5 Å². The van der Waals surface area contributed by atoms with Crippen LogP contribution in [-0.2, 0) is 13.1 Å². The van der Waals surface area contributed by atoms with Crippen molar-refractivity contribution in [3.63, 3.8) is 0 Å². The molecule has 2 rings (SSSR count). The topological polar surface area (TPSA) is 41.3 Å². The molecule has 1 fully saturated rings. The second kappa shape index (κ2) is 8.42. The van der Waals surface area contributed by atoms with Gasteiger partial charge < -0.3 is 9.84 Å². The monoisotopic (exact) mass is 279 g/mol. The van der Waals surface area contributed by atoms with Crippen LogP contribution in [0.2, 0.25) is 0 Å². The summed E-state index contributed by atoms with van der Waals surface area (Å²) in [4.78, 5) is 2.58. The van der Waals surface area contributed by atoms with Gasteiger partial charge in [-0.3, -0.25) is 4.90 Å². The van der Waals surface area contributed by atoms with Gasteiger partial charge in [-0.1, -0.05) is 31.8 Å². The van der Waals surface area contributed by atoms with Crippen LogP contribution in [0.4, 0.5) is 0 Å². The lowest BCUT2D eigenvalue weighted by atomic mass is 10.1. The first kappa shape index (κ1) is 15.5. The van der Waals surface area contributed by atoms with Crippen molar-refractivity contribution in [1.82, 2.24) is 15.4 Å². The third-order valence-corrected chi connectivity index (χ3v) is 4.17. The fourth-order valence-corrected chi connectivity index (χ4v) is 3.01. The minimum absolute atomic E-state index is 0.712. The van der Waals surface area contributed by atoms with Crippen LogP contribution in [0.25, 0.3) is 0 Å². The first-order valence-electron chi connectivity index (χ1n) is 8.22. The molecule has 4 nitrogen and oxygen atoms in total. The minimum atomic E-state index is 0.712. The molecule has 1 unspecified atom stereocenters. The number of nitrogens with zero attached hydrogens (tertiary/aromatic N) is 2. The molecule has 1 aromatic rings. The molecule has 1 aliphatic heterocycles. The predicted molar refractivity (Wildman–Crippen MR) is 81.5 cm³/mol. The fraction of sp³-hybridized carbons (Fsp3) is 0.812. The van der Waals surface area contributed by atoms with E-state index in [0.29, 0.717) is 6.04 Å². The van der Waals surface area contributed by atoms with Crippen LogP contribution in [0.15, 0.2) is 10.6 Å². The maximum Gasteiger partial charge on any atom is 0.151 e. The molecule has 0 spiro atoms. The third-order valence-electron chi connectivity index (χ3n) is 4.17. The molecule has 2 heterocycles. The lowest BCUT2D eigenvalue weighted by Gasteiger charge is -2.27. The van der Waals surface area contributed by atoms with Gasteiger partial charge in [0.15, 0.2) is 5.76 Å². The number of rotatable bonds is 7. The van der Waals surface area contributed by atoms with Gasteiger partial charge in [0.1, 0.15) is 0 Å². The summed E-state index contributed by atoms with van der Waals surface area (Å²) in [5.41, 5.74) is 1.02. The molecule has 1 aliphatic rings. The van der Waals surface area contributed by atoms with Gasteiger partial charge in [-0.2, -0.15) is 0 Å². The van der Waals surface area contributed by atoms with Crippen LogP contribution < -0.4 is 5.32 Å². The number of hydrogen-bond donors (Lipinski definition) is 1. The van der Waals surface area contributed by atoms with Crippen LogP contribution in [0.3, 0.4) is 0 Å². The molecule has 1 N–H and O–H groups in total. The zero-order chi connectivity index (χ0) is 14.2. The quantitative estimate of drug-likeness (QED) is 0.777. The summed E-state index contributed by atoms with van der Waals surface area (Å²) in [6.07, 6.45) is 7.77. The highest BCUT2D eigenvalue weighted by Gasteiger charge is 2.20. The molecule has 0 amide bonds. The largest absolute Gasteiger partial charge is 0.360 e. The van der Waals surface area contributed by atoms with E-state index >= 15 is 0 Å². The van der Waals surface area contributed by atoms with E-state index in [4.69, 9.17) is 4.52 Å². The summed E-state index contributed by atoms with van der Waals surface area (Å²) >= 11 is 0. The molecule has 114 valence electrons. The van der Waals surface area contributed by atoms with E-state index in [9.17, 15) is 0 Å². The molecule has 0 aromatic carbocycles. The second-order valence-corrected chi connectivity index (χ2v) is 5.84. The molecular weight excluding hydrogens is 250 g/mol. The Morgan fingerprint density at radius 1 is 1.35 bits per heavy atom. The molecule has 0 radical (unpaired) electrons. The zero-order valence-electron chi connectivity index (χ0n) is 13.0. The summed E-state index contributed by atoms with van der Waals surface area (Å²) in [5, 5.41) is 7.53. The Kier molecular flexibility index (Phi) is 6.54. The molecule has 4 heteroatoms. The first-order valence-corrected chi connectivity index (χ1v) is 8.22. The molecule has 0 saturated carbocycles. The van der Waals surface area contributed by atoms with Crippen molar-refractivity contribution in [3.8, 4) is 0 Å². The highest BCUT2D eigenvalue weighted by Crippen LogP contribution is 2.21. The van der Waals surface area contributed by atoms with Crippen LogP contribution in [0.1, 0.15) is 63.8 Å². The van der Waals surface area contributed by atoms with Gasteiger partial charge in [-0.25, -0.2) is 0 Å². The highest BCUT2D eigenvalue weighted by atomic mass is 16.5. The van der Waals surface area contributed by atoms with Gasteiger partial charge in [0.05, 0.1) is 12.2 Å². The standard InChI is InChI=1S/C16H29N3O/c1-3-9-17-12-14-11-16(20-18-14)13-19-10-7-5-6-8-15(19)4-2/h11,15,17H,3-10,12-13H2,1-2H3. The lowest BCUT2D eigenvalue weighted by Crippen LogP contribution is -2.33. The van der Waals surface area contributed by atoms with Crippen molar-refractivity contribution in [2.75, 3.05) is 13.1 Å². The molecule has 1 saturated heterocycles. The van der Waals surface area contributed by atoms with E-state index in [1.165, 1.54) is 38.6 Å². The van der Waals surface area contributed by atoms with E-state index in [1.54, 1.807) is 0 Å². The minimum Gasteiger partial charge on any atom is -0.360 e. The Morgan fingerprint density at radius 3 is 3.05 bits per heavy atom. The maximum atomic E-state index is 5.50. The van der Waals surface area contributed by atoms with E-state index < -0.39 is 0 Å². The molecule has 20 heavy (non-hydrogen) atoms. The average Bonchev–Trinajstić information content (AvgIpc) is 2.77. The molecule has 0 bridgehead atoms. The van der Waals surface area contributed by atoms with Crippen LogP contribution in [0.5, 0.6) is 0 Å². The Balaban J connectivity index is 1.87. The maximum absolute atomic E-state index is 5.50. The zero-order valence-corrected chi connectivity index (χ0v) is 13.0. The number of likely N-dealkylation sites (tertiary alicyclic amines) is 1. The van der Waals surface area contributed by atoms with Crippen molar-refractivity contribution in [2.45, 2.75) is 71.5 Å². The summed E-state index contributed by atoms with van der Waals surface area (Å²) < 4.78 is 5.50. The predicted octanol–water partition coefficient (Wildman–Crippen LogP) is 3.33.